The van der Waals surface area contributed by atoms with Gasteiger partial charge in [-0.3, -0.25) is 4.79 Å². The van der Waals surface area contributed by atoms with Crippen LogP contribution in [-0.2, 0) is 4.79 Å². The minimum absolute atomic E-state index is 0.309. The van der Waals surface area contributed by atoms with E-state index in [9.17, 15) is 20.1 Å². The van der Waals surface area contributed by atoms with Crippen molar-refractivity contribution in [1.29, 1.82) is 0 Å². The zero-order chi connectivity index (χ0) is 34.5. The number of hydrogen-bond donors (Lipinski definition) is 4. The number of unbranched alkanes of at least 4 members (excludes halogenated alkanes) is 31. The summed E-state index contributed by atoms with van der Waals surface area (Å²) in [5.74, 6) is -0.468. The van der Waals surface area contributed by atoms with Gasteiger partial charge in [0.1, 0.15) is 6.10 Å². The van der Waals surface area contributed by atoms with Gasteiger partial charge in [-0.15, -0.1) is 0 Å². The molecular formula is C42H85NO4. The van der Waals surface area contributed by atoms with Crippen molar-refractivity contribution >= 4 is 5.91 Å². The second-order valence-corrected chi connectivity index (χ2v) is 14.9. The molecule has 0 radical (unpaired) electrons. The quantitative estimate of drug-likeness (QED) is 0.0491. The highest BCUT2D eigenvalue weighted by molar-refractivity contribution is 5.80. The average molecular weight is 668 g/mol. The minimum Gasteiger partial charge on any atom is -0.394 e. The highest BCUT2D eigenvalue weighted by Gasteiger charge is 2.23. The van der Waals surface area contributed by atoms with Gasteiger partial charge in [-0.1, -0.05) is 226 Å². The third-order valence-electron chi connectivity index (χ3n) is 10.2. The molecule has 0 heterocycles. The molecule has 0 spiro atoms. The fourth-order valence-electron chi connectivity index (χ4n) is 6.84. The van der Waals surface area contributed by atoms with Gasteiger partial charge in [0, 0.05) is 0 Å². The van der Waals surface area contributed by atoms with Crippen LogP contribution in [0, 0.1) is 0 Å². The van der Waals surface area contributed by atoms with Crippen LogP contribution in [0.5, 0.6) is 0 Å². The smallest absolute Gasteiger partial charge is 0.249 e. The summed E-state index contributed by atoms with van der Waals surface area (Å²) in [6.45, 7) is 4.22. The molecule has 0 fully saturated rings. The van der Waals surface area contributed by atoms with Gasteiger partial charge in [-0.25, -0.2) is 0 Å². The van der Waals surface area contributed by atoms with Gasteiger partial charge in [0.15, 0.2) is 0 Å². The Morgan fingerprint density at radius 3 is 0.957 bits per heavy atom. The van der Waals surface area contributed by atoms with Crippen molar-refractivity contribution in [3.05, 3.63) is 0 Å². The third-order valence-corrected chi connectivity index (χ3v) is 10.2. The summed E-state index contributed by atoms with van der Waals surface area (Å²) in [5.41, 5.74) is 0. The predicted molar refractivity (Wildman–Crippen MR) is 204 cm³/mol. The van der Waals surface area contributed by atoms with Crippen molar-refractivity contribution < 1.29 is 20.1 Å². The summed E-state index contributed by atoms with van der Waals surface area (Å²) >= 11 is 0. The molecule has 0 aliphatic heterocycles. The van der Waals surface area contributed by atoms with E-state index in [1.807, 2.05) is 0 Å². The lowest BCUT2D eigenvalue weighted by molar-refractivity contribution is -0.131. The molecule has 5 nitrogen and oxygen atoms in total. The first-order valence-corrected chi connectivity index (χ1v) is 21.3. The molecule has 0 saturated heterocycles. The molecule has 0 aromatic rings. The zero-order valence-electron chi connectivity index (χ0n) is 31.9. The van der Waals surface area contributed by atoms with E-state index >= 15 is 0 Å². The molecular weight excluding hydrogens is 582 g/mol. The number of carbonyl (C=O) groups is 1. The van der Waals surface area contributed by atoms with Crippen LogP contribution >= 0.6 is 0 Å². The first kappa shape index (κ1) is 46.4. The highest BCUT2D eigenvalue weighted by Crippen LogP contribution is 2.17. The van der Waals surface area contributed by atoms with Crippen LogP contribution in [0.15, 0.2) is 0 Å². The molecule has 0 aromatic heterocycles. The zero-order valence-corrected chi connectivity index (χ0v) is 31.9. The molecule has 3 atom stereocenters. The van der Waals surface area contributed by atoms with Crippen LogP contribution in [-0.4, -0.2) is 46.1 Å². The Balaban J connectivity index is 3.50. The fraction of sp³-hybridized carbons (Fsp3) is 0.976. The maximum Gasteiger partial charge on any atom is 0.249 e. The number of rotatable bonds is 39. The maximum absolute atomic E-state index is 12.4. The molecule has 0 bridgehead atoms. The molecule has 0 rings (SSSR count). The molecule has 1 amide bonds. The van der Waals surface area contributed by atoms with Crippen molar-refractivity contribution in [3.63, 3.8) is 0 Å². The first-order chi connectivity index (χ1) is 23.1. The Labute approximate surface area is 294 Å². The lowest BCUT2D eigenvalue weighted by Crippen LogP contribution is -2.49. The van der Waals surface area contributed by atoms with Crippen molar-refractivity contribution in [1.82, 2.24) is 5.32 Å². The molecule has 4 N–H and O–H groups in total. The lowest BCUT2D eigenvalue weighted by atomic mass is 10.0. The van der Waals surface area contributed by atoms with Gasteiger partial charge in [0.05, 0.1) is 18.8 Å². The summed E-state index contributed by atoms with van der Waals surface area (Å²) in [7, 11) is 0. The summed E-state index contributed by atoms with van der Waals surface area (Å²) in [4.78, 5) is 12.4. The van der Waals surface area contributed by atoms with Crippen molar-refractivity contribution in [3.8, 4) is 0 Å². The average Bonchev–Trinajstić information content (AvgIpc) is 3.07. The summed E-state index contributed by atoms with van der Waals surface area (Å²) in [6, 6.07) is -0.703. The van der Waals surface area contributed by atoms with E-state index in [1.54, 1.807) is 0 Å². The number of hydrogen-bond acceptors (Lipinski definition) is 4. The Morgan fingerprint density at radius 1 is 0.426 bits per heavy atom. The molecule has 282 valence electrons. The van der Waals surface area contributed by atoms with Crippen molar-refractivity contribution in [2.75, 3.05) is 6.61 Å². The first-order valence-electron chi connectivity index (χ1n) is 21.3. The monoisotopic (exact) mass is 668 g/mol. The topological polar surface area (TPSA) is 89.8 Å². The van der Waals surface area contributed by atoms with Crippen molar-refractivity contribution in [2.45, 2.75) is 257 Å². The number of carbonyl (C=O) groups excluding carboxylic acids is 1. The van der Waals surface area contributed by atoms with Crippen LogP contribution in [0.4, 0.5) is 0 Å². The van der Waals surface area contributed by atoms with Gasteiger partial charge >= 0.3 is 0 Å². The van der Waals surface area contributed by atoms with Gasteiger partial charge in [0.25, 0.3) is 0 Å². The van der Waals surface area contributed by atoms with Crippen molar-refractivity contribution in [2.24, 2.45) is 0 Å². The second-order valence-electron chi connectivity index (χ2n) is 14.9. The number of aliphatic hydroxyl groups is 3. The molecule has 47 heavy (non-hydrogen) atoms. The number of aliphatic hydroxyl groups excluding tert-OH is 3. The summed E-state index contributed by atoms with van der Waals surface area (Å²) in [6.07, 6.45) is 42.6. The molecule has 5 heteroatoms. The van der Waals surface area contributed by atoms with Crippen LogP contribution < -0.4 is 5.32 Å². The predicted octanol–water partition coefficient (Wildman–Crippen LogP) is 11.9. The van der Waals surface area contributed by atoms with Crippen LogP contribution in [0.2, 0.25) is 0 Å². The lowest BCUT2D eigenvalue weighted by Gasteiger charge is -2.23. The molecule has 3 unspecified atom stereocenters. The SMILES string of the molecule is CCCCCCCCCCCCCCCCCCCCCCCCCCC(O)C(=O)NC(CO)C(O)CCCCCCCCCCC. The second kappa shape index (κ2) is 38.2. The highest BCUT2D eigenvalue weighted by atomic mass is 16.3. The van der Waals surface area contributed by atoms with E-state index in [4.69, 9.17) is 0 Å². The Hall–Kier alpha value is -0.650. The van der Waals surface area contributed by atoms with E-state index in [0.29, 0.717) is 12.8 Å². The molecule has 0 aromatic carbocycles. The number of amides is 1. The van der Waals surface area contributed by atoms with Crippen LogP contribution in [0.1, 0.15) is 239 Å². The Kier molecular flexibility index (Phi) is 37.6. The van der Waals surface area contributed by atoms with Crippen LogP contribution in [0.25, 0.3) is 0 Å². The summed E-state index contributed by atoms with van der Waals surface area (Å²) < 4.78 is 0. The van der Waals surface area contributed by atoms with E-state index in [0.717, 1.165) is 32.1 Å². The molecule has 0 saturated carbocycles. The summed E-state index contributed by atoms with van der Waals surface area (Å²) in [5, 5.41) is 33.1. The largest absolute Gasteiger partial charge is 0.394 e. The van der Waals surface area contributed by atoms with Gasteiger partial charge < -0.3 is 20.6 Å². The van der Waals surface area contributed by atoms with E-state index in [1.165, 1.54) is 180 Å². The van der Waals surface area contributed by atoms with E-state index in [2.05, 4.69) is 19.2 Å². The molecule has 0 aliphatic rings. The van der Waals surface area contributed by atoms with Gasteiger partial charge in [-0.05, 0) is 12.8 Å². The number of nitrogens with one attached hydrogen (secondary N) is 1. The Bertz CT molecular complexity index is 615. The van der Waals surface area contributed by atoms with E-state index in [-0.39, 0.29) is 6.61 Å². The standard InChI is InChI=1S/C42H85NO4/c1-3-5-7-9-11-13-14-15-16-17-18-19-20-21-22-23-24-25-26-27-29-31-33-35-37-41(46)42(47)43-39(38-44)40(45)36-34-32-30-28-12-10-8-6-4-2/h39-41,44-46H,3-38H2,1-2H3,(H,43,47). The fourth-order valence-corrected chi connectivity index (χ4v) is 6.84. The third kappa shape index (κ3) is 33.6. The Morgan fingerprint density at radius 2 is 0.681 bits per heavy atom. The normalized spacial score (nSPS) is 13.6. The van der Waals surface area contributed by atoms with Crippen LogP contribution in [0.3, 0.4) is 0 Å². The maximum atomic E-state index is 12.4. The van der Waals surface area contributed by atoms with E-state index < -0.39 is 24.2 Å². The van der Waals surface area contributed by atoms with Gasteiger partial charge in [-0.2, -0.15) is 0 Å². The minimum atomic E-state index is -1.07. The molecule has 0 aliphatic carbocycles. The van der Waals surface area contributed by atoms with Gasteiger partial charge in [0.2, 0.25) is 5.91 Å².